The molecule has 76 valence electrons. The van der Waals surface area contributed by atoms with Crippen molar-refractivity contribution in [2.75, 3.05) is 7.11 Å². The van der Waals surface area contributed by atoms with Crippen LogP contribution in [0.1, 0.15) is 11.1 Å². The van der Waals surface area contributed by atoms with E-state index in [2.05, 4.69) is 20.7 Å². The largest absolute Gasteiger partial charge is 0.469 e. The van der Waals surface area contributed by atoms with Gasteiger partial charge in [0.25, 0.3) is 0 Å². The van der Waals surface area contributed by atoms with Crippen LogP contribution in [0.25, 0.3) is 0 Å². The molecule has 1 aromatic carbocycles. The first-order valence-electron chi connectivity index (χ1n) is 4.06. The topological polar surface area (TPSA) is 26.3 Å². The predicted molar refractivity (Wildman–Crippen MR) is 59.6 cm³/mol. The molecule has 0 N–H and O–H groups in total. The minimum Gasteiger partial charge on any atom is -0.469 e. The highest BCUT2D eigenvalue weighted by atomic mass is 79.9. The lowest BCUT2D eigenvalue weighted by molar-refractivity contribution is -0.139. The number of rotatable bonds is 2. The van der Waals surface area contributed by atoms with Gasteiger partial charge in [-0.1, -0.05) is 17.7 Å². The number of carbonyl (C=O) groups is 1. The highest BCUT2D eigenvalue weighted by molar-refractivity contribution is 9.10. The maximum Gasteiger partial charge on any atom is 0.310 e. The fourth-order valence-corrected chi connectivity index (χ4v) is 1.88. The van der Waals surface area contributed by atoms with Gasteiger partial charge in [0.1, 0.15) is 0 Å². The highest BCUT2D eigenvalue weighted by Gasteiger charge is 2.11. The molecule has 0 heterocycles. The molecule has 1 aromatic rings. The van der Waals surface area contributed by atoms with Gasteiger partial charge in [0.05, 0.1) is 18.6 Å². The van der Waals surface area contributed by atoms with Gasteiger partial charge in [-0.05, 0) is 40.0 Å². The van der Waals surface area contributed by atoms with Crippen LogP contribution in [-0.4, -0.2) is 13.1 Å². The molecule has 0 amide bonds. The number of carbonyl (C=O) groups excluding carboxylic acids is 1. The molecular formula is C10H10BrClO2. The van der Waals surface area contributed by atoms with Crippen LogP contribution in [0.5, 0.6) is 0 Å². The number of aryl methyl sites for hydroxylation is 1. The van der Waals surface area contributed by atoms with Crippen molar-refractivity contribution in [1.82, 2.24) is 0 Å². The van der Waals surface area contributed by atoms with Crippen molar-refractivity contribution in [2.45, 2.75) is 13.3 Å². The Morgan fingerprint density at radius 1 is 1.57 bits per heavy atom. The molecule has 0 saturated carbocycles. The van der Waals surface area contributed by atoms with Crippen LogP contribution in [0, 0.1) is 6.92 Å². The van der Waals surface area contributed by atoms with Gasteiger partial charge in [-0.3, -0.25) is 4.79 Å². The van der Waals surface area contributed by atoms with Gasteiger partial charge >= 0.3 is 5.97 Å². The van der Waals surface area contributed by atoms with E-state index >= 15 is 0 Å². The minimum atomic E-state index is -0.268. The Balaban J connectivity index is 3.06. The van der Waals surface area contributed by atoms with Gasteiger partial charge in [-0.15, -0.1) is 0 Å². The zero-order chi connectivity index (χ0) is 10.7. The number of hydrogen-bond acceptors (Lipinski definition) is 2. The van der Waals surface area contributed by atoms with Gasteiger partial charge < -0.3 is 4.74 Å². The third-order valence-corrected chi connectivity index (χ3v) is 3.43. The van der Waals surface area contributed by atoms with E-state index in [1.807, 2.05) is 13.0 Å². The van der Waals surface area contributed by atoms with E-state index in [4.69, 9.17) is 11.6 Å². The average Bonchev–Trinajstić information content (AvgIpc) is 2.18. The van der Waals surface area contributed by atoms with Crippen molar-refractivity contribution < 1.29 is 9.53 Å². The van der Waals surface area contributed by atoms with E-state index in [0.717, 1.165) is 15.6 Å². The lowest BCUT2D eigenvalue weighted by Crippen LogP contribution is -2.06. The van der Waals surface area contributed by atoms with E-state index < -0.39 is 0 Å². The molecule has 0 fully saturated rings. The molecule has 0 unspecified atom stereocenters. The molecule has 14 heavy (non-hydrogen) atoms. The Morgan fingerprint density at radius 2 is 2.21 bits per heavy atom. The Morgan fingerprint density at radius 3 is 2.79 bits per heavy atom. The molecule has 4 heteroatoms. The molecule has 0 radical (unpaired) electrons. The highest BCUT2D eigenvalue weighted by Crippen LogP contribution is 2.29. The second-order valence-electron chi connectivity index (χ2n) is 2.91. The minimum absolute atomic E-state index is 0.240. The first-order chi connectivity index (χ1) is 6.56. The lowest BCUT2D eigenvalue weighted by atomic mass is 10.1. The quantitative estimate of drug-likeness (QED) is 0.776. The Labute approximate surface area is 96.3 Å². The van der Waals surface area contributed by atoms with E-state index in [1.54, 1.807) is 6.07 Å². The molecule has 0 bridgehead atoms. The monoisotopic (exact) mass is 276 g/mol. The van der Waals surface area contributed by atoms with Gasteiger partial charge in [-0.2, -0.15) is 0 Å². The van der Waals surface area contributed by atoms with E-state index in [-0.39, 0.29) is 12.4 Å². The molecule has 0 aliphatic heterocycles. The lowest BCUT2D eigenvalue weighted by Gasteiger charge is -2.08. The number of benzene rings is 1. The van der Waals surface area contributed by atoms with Crippen LogP contribution in [0.15, 0.2) is 16.6 Å². The number of halogens is 2. The summed E-state index contributed by atoms with van der Waals surface area (Å²) in [5.74, 6) is -0.268. The van der Waals surface area contributed by atoms with Gasteiger partial charge in [0.15, 0.2) is 0 Å². The normalized spacial score (nSPS) is 10.0. The Bertz CT molecular complexity index is 363. The molecule has 1 rings (SSSR count). The smallest absolute Gasteiger partial charge is 0.310 e. The molecule has 0 aliphatic rings. The van der Waals surface area contributed by atoms with Crippen LogP contribution in [0.3, 0.4) is 0 Å². The summed E-state index contributed by atoms with van der Waals surface area (Å²) in [6, 6.07) is 3.67. The number of methoxy groups -OCH3 is 1. The summed E-state index contributed by atoms with van der Waals surface area (Å²) in [4.78, 5) is 11.1. The number of ether oxygens (including phenoxy) is 1. The van der Waals surface area contributed by atoms with E-state index in [1.165, 1.54) is 7.11 Å². The summed E-state index contributed by atoms with van der Waals surface area (Å²) < 4.78 is 5.37. The summed E-state index contributed by atoms with van der Waals surface area (Å²) in [5, 5.41) is 0.606. The maximum absolute atomic E-state index is 11.1. The second-order valence-corrected chi connectivity index (χ2v) is 4.11. The van der Waals surface area contributed by atoms with Crippen molar-refractivity contribution in [1.29, 1.82) is 0 Å². The first kappa shape index (κ1) is 11.5. The Kier molecular flexibility index (Phi) is 3.96. The van der Waals surface area contributed by atoms with Crippen LogP contribution in [-0.2, 0) is 16.0 Å². The zero-order valence-electron chi connectivity index (χ0n) is 7.93. The zero-order valence-corrected chi connectivity index (χ0v) is 10.3. The van der Waals surface area contributed by atoms with Crippen LogP contribution in [0.2, 0.25) is 5.02 Å². The maximum atomic E-state index is 11.1. The average molecular weight is 278 g/mol. The van der Waals surface area contributed by atoms with Crippen molar-refractivity contribution in [3.8, 4) is 0 Å². The summed E-state index contributed by atoms with van der Waals surface area (Å²) in [5.41, 5.74) is 1.90. The molecule has 2 nitrogen and oxygen atoms in total. The second kappa shape index (κ2) is 4.80. The van der Waals surface area contributed by atoms with Crippen LogP contribution >= 0.6 is 27.5 Å². The summed E-state index contributed by atoms with van der Waals surface area (Å²) in [6.07, 6.45) is 0.240. The molecule has 0 aromatic heterocycles. The van der Waals surface area contributed by atoms with Crippen molar-refractivity contribution in [3.05, 3.63) is 32.8 Å². The van der Waals surface area contributed by atoms with Crippen molar-refractivity contribution in [2.24, 2.45) is 0 Å². The fourth-order valence-electron chi connectivity index (χ4n) is 1.12. The Hall–Kier alpha value is -0.540. The van der Waals surface area contributed by atoms with Crippen LogP contribution < -0.4 is 0 Å². The molecule has 0 aliphatic carbocycles. The number of esters is 1. The van der Waals surface area contributed by atoms with Gasteiger partial charge in [0.2, 0.25) is 0 Å². The van der Waals surface area contributed by atoms with E-state index in [0.29, 0.717) is 5.02 Å². The standard InChI is InChI=1S/C10H10BrClO2/c1-6-3-4-8(12)10(11)7(6)5-9(13)14-2/h3-4H,5H2,1-2H3. The van der Waals surface area contributed by atoms with Gasteiger partial charge in [-0.25, -0.2) is 0 Å². The molecule has 0 spiro atoms. The summed E-state index contributed by atoms with van der Waals surface area (Å²) in [7, 11) is 1.37. The summed E-state index contributed by atoms with van der Waals surface area (Å²) >= 11 is 9.26. The van der Waals surface area contributed by atoms with Gasteiger partial charge in [0, 0.05) is 4.47 Å². The summed E-state index contributed by atoms with van der Waals surface area (Å²) in [6.45, 7) is 1.93. The van der Waals surface area contributed by atoms with Crippen molar-refractivity contribution >= 4 is 33.5 Å². The first-order valence-corrected chi connectivity index (χ1v) is 5.23. The van der Waals surface area contributed by atoms with E-state index in [9.17, 15) is 4.79 Å². The molecule has 0 saturated heterocycles. The van der Waals surface area contributed by atoms with Crippen LogP contribution in [0.4, 0.5) is 0 Å². The fraction of sp³-hybridized carbons (Fsp3) is 0.300. The SMILES string of the molecule is COC(=O)Cc1c(C)ccc(Cl)c1Br. The number of hydrogen-bond donors (Lipinski definition) is 0. The third kappa shape index (κ3) is 2.49. The molecule has 0 atom stereocenters. The molecular weight excluding hydrogens is 267 g/mol. The van der Waals surface area contributed by atoms with Crippen molar-refractivity contribution in [3.63, 3.8) is 0 Å². The predicted octanol–water partition coefficient (Wildman–Crippen LogP) is 3.13. The third-order valence-electron chi connectivity index (χ3n) is 1.98.